The summed E-state index contributed by atoms with van der Waals surface area (Å²) in [4.78, 5) is 7.68. The number of furan rings is 1. The van der Waals surface area contributed by atoms with E-state index in [-0.39, 0.29) is 6.04 Å². The molecular formula is C15H15N3O. The van der Waals surface area contributed by atoms with Gasteiger partial charge in [-0.05, 0) is 12.1 Å². The van der Waals surface area contributed by atoms with Crippen molar-refractivity contribution in [3.63, 3.8) is 0 Å². The Hall–Kier alpha value is -2.07. The number of nitrogens with one attached hydrogen (secondary N) is 2. The lowest BCUT2D eigenvalue weighted by atomic mass is 9.96. The fraction of sp³-hybridized carbons (Fsp3) is 0.267. The van der Waals surface area contributed by atoms with Gasteiger partial charge in [-0.2, -0.15) is 0 Å². The van der Waals surface area contributed by atoms with Gasteiger partial charge >= 0.3 is 0 Å². The third-order valence-electron chi connectivity index (χ3n) is 3.81. The lowest BCUT2D eigenvalue weighted by molar-refractivity contribution is 0.429. The van der Waals surface area contributed by atoms with Gasteiger partial charge in [0.1, 0.15) is 17.4 Å². The zero-order valence-electron chi connectivity index (χ0n) is 10.7. The molecule has 0 saturated carbocycles. The number of nitrogens with zero attached hydrogens (tertiary/aromatic N) is 1. The molecule has 3 heterocycles. The van der Waals surface area contributed by atoms with Crippen molar-refractivity contribution in [1.29, 1.82) is 0 Å². The van der Waals surface area contributed by atoms with Gasteiger partial charge in [-0.3, -0.25) is 0 Å². The van der Waals surface area contributed by atoms with Crippen LogP contribution in [0.4, 0.5) is 0 Å². The molecule has 0 radical (unpaired) electrons. The van der Waals surface area contributed by atoms with E-state index in [4.69, 9.17) is 4.42 Å². The van der Waals surface area contributed by atoms with Gasteiger partial charge in [0.2, 0.25) is 0 Å². The predicted molar refractivity (Wildman–Crippen MR) is 73.1 cm³/mol. The van der Waals surface area contributed by atoms with Gasteiger partial charge in [-0.25, -0.2) is 4.98 Å². The Morgan fingerprint density at radius 1 is 1.32 bits per heavy atom. The topological polar surface area (TPSA) is 53.9 Å². The molecular weight excluding hydrogens is 238 g/mol. The maximum atomic E-state index is 5.96. The molecule has 0 amide bonds. The van der Waals surface area contributed by atoms with Gasteiger partial charge in [-0.1, -0.05) is 25.1 Å². The standard InChI is InChI=1S/C15H15N3O/c1-9-7-16-14(15-13(9)17-8-18-15)12-6-10-4-2-3-5-11(10)19-12/h2-6,8-9,14,16H,7H2,1H3,(H,17,18). The summed E-state index contributed by atoms with van der Waals surface area (Å²) in [5.41, 5.74) is 3.20. The first-order valence-corrected chi connectivity index (χ1v) is 6.58. The van der Waals surface area contributed by atoms with Gasteiger partial charge in [0.05, 0.1) is 17.7 Å². The van der Waals surface area contributed by atoms with E-state index in [1.54, 1.807) is 6.33 Å². The van der Waals surface area contributed by atoms with Crippen LogP contribution in [0.3, 0.4) is 0 Å². The summed E-state index contributed by atoms with van der Waals surface area (Å²) in [7, 11) is 0. The van der Waals surface area contributed by atoms with Crippen molar-refractivity contribution in [3.8, 4) is 0 Å². The molecule has 96 valence electrons. The molecule has 2 aromatic heterocycles. The number of imidazole rings is 1. The number of hydrogen-bond acceptors (Lipinski definition) is 3. The van der Waals surface area contributed by atoms with E-state index in [0.717, 1.165) is 34.7 Å². The molecule has 0 spiro atoms. The summed E-state index contributed by atoms with van der Waals surface area (Å²) in [6, 6.07) is 10.3. The molecule has 1 aliphatic rings. The van der Waals surface area contributed by atoms with E-state index < -0.39 is 0 Å². The Labute approximate surface area is 110 Å². The zero-order chi connectivity index (χ0) is 12.8. The maximum absolute atomic E-state index is 5.96. The van der Waals surface area contributed by atoms with Crippen molar-refractivity contribution in [3.05, 3.63) is 53.8 Å². The summed E-state index contributed by atoms with van der Waals surface area (Å²) < 4.78 is 5.96. The van der Waals surface area contributed by atoms with Crippen molar-refractivity contribution in [2.24, 2.45) is 0 Å². The summed E-state index contributed by atoms with van der Waals surface area (Å²) >= 11 is 0. The summed E-state index contributed by atoms with van der Waals surface area (Å²) in [5.74, 6) is 1.38. The average Bonchev–Trinajstić information content (AvgIpc) is 3.05. The molecule has 1 aromatic carbocycles. The normalized spacial score (nSPS) is 22.6. The zero-order valence-corrected chi connectivity index (χ0v) is 10.7. The van der Waals surface area contributed by atoms with Gasteiger partial charge in [0.15, 0.2) is 0 Å². The molecule has 0 saturated heterocycles. The molecule has 3 aromatic rings. The van der Waals surface area contributed by atoms with Crippen molar-refractivity contribution in [2.45, 2.75) is 18.9 Å². The summed E-state index contributed by atoms with van der Waals surface area (Å²) in [6.07, 6.45) is 1.77. The van der Waals surface area contributed by atoms with Crippen LogP contribution in [0, 0.1) is 0 Å². The average molecular weight is 253 g/mol. The van der Waals surface area contributed by atoms with Crippen molar-refractivity contribution in [1.82, 2.24) is 15.3 Å². The van der Waals surface area contributed by atoms with Crippen LogP contribution in [0.1, 0.15) is 36.0 Å². The third-order valence-corrected chi connectivity index (χ3v) is 3.81. The van der Waals surface area contributed by atoms with Crippen molar-refractivity contribution < 1.29 is 4.42 Å². The molecule has 19 heavy (non-hydrogen) atoms. The lowest BCUT2D eigenvalue weighted by Gasteiger charge is -2.25. The van der Waals surface area contributed by atoms with Crippen LogP contribution >= 0.6 is 0 Å². The highest BCUT2D eigenvalue weighted by Gasteiger charge is 2.29. The minimum absolute atomic E-state index is 0.0705. The highest BCUT2D eigenvalue weighted by atomic mass is 16.3. The fourth-order valence-corrected chi connectivity index (χ4v) is 2.82. The molecule has 2 atom stereocenters. The first kappa shape index (κ1) is 10.8. The Balaban J connectivity index is 1.83. The summed E-state index contributed by atoms with van der Waals surface area (Å²) in [5, 5.41) is 4.66. The molecule has 4 heteroatoms. The van der Waals surface area contributed by atoms with Crippen LogP contribution in [0.25, 0.3) is 11.0 Å². The minimum Gasteiger partial charge on any atom is -0.459 e. The molecule has 4 nitrogen and oxygen atoms in total. The number of benzene rings is 1. The minimum atomic E-state index is 0.0705. The molecule has 0 aliphatic carbocycles. The molecule has 0 bridgehead atoms. The monoisotopic (exact) mass is 253 g/mol. The van der Waals surface area contributed by atoms with Crippen LogP contribution < -0.4 is 5.32 Å². The second-order valence-corrected chi connectivity index (χ2v) is 5.13. The Morgan fingerprint density at radius 2 is 2.21 bits per heavy atom. The molecule has 2 unspecified atom stereocenters. The highest BCUT2D eigenvalue weighted by molar-refractivity contribution is 5.78. The SMILES string of the molecule is CC1CNC(c2cc3ccccc3o2)c2[nH]cnc21. The first-order valence-electron chi connectivity index (χ1n) is 6.58. The predicted octanol–water partition coefficient (Wildman–Crippen LogP) is 2.95. The molecule has 1 aliphatic heterocycles. The van der Waals surface area contributed by atoms with Gasteiger partial charge in [0, 0.05) is 17.8 Å². The Kier molecular flexibility index (Phi) is 2.26. The number of rotatable bonds is 1. The Bertz CT molecular complexity index is 695. The highest BCUT2D eigenvalue weighted by Crippen LogP contribution is 2.33. The third kappa shape index (κ3) is 1.60. The number of hydrogen-bond donors (Lipinski definition) is 2. The van der Waals surface area contributed by atoms with E-state index in [0.29, 0.717) is 5.92 Å². The van der Waals surface area contributed by atoms with E-state index >= 15 is 0 Å². The largest absolute Gasteiger partial charge is 0.459 e. The van der Waals surface area contributed by atoms with Gasteiger partial charge < -0.3 is 14.7 Å². The van der Waals surface area contributed by atoms with Crippen LogP contribution in [0.5, 0.6) is 0 Å². The van der Waals surface area contributed by atoms with Crippen LogP contribution in [0.2, 0.25) is 0 Å². The molecule has 4 rings (SSSR count). The second-order valence-electron chi connectivity index (χ2n) is 5.13. The number of H-pyrrole nitrogens is 1. The number of aromatic amines is 1. The quantitative estimate of drug-likeness (QED) is 0.701. The van der Waals surface area contributed by atoms with Crippen LogP contribution in [0.15, 0.2) is 41.1 Å². The molecule has 0 fully saturated rings. The van der Waals surface area contributed by atoms with Gasteiger partial charge in [-0.15, -0.1) is 0 Å². The van der Waals surface area contributed by atoms with E-state index in [1.165, 1.54) is 0 Å². The first-order chi connectivity index (χ1) is 9.33. The van der Waals surface area contributed by atoms with Gasteiger partial charge in [0.25, 0.3) is 0 Å². The number of aromatic nitrogens is 2. The maximum Gasteiger partial charge on any atom is 0.134 e. The van der Waals surface area contributed by atoms with Crippen LogP contribution in [-0.4, -0.2) is 16.5 Å². The lowest BCUT2D eigenvalue weighted by Crippen LogP contribution is -2.32. The smallest absolute Gasteiger partial charge is 0.134 e. The summed E-state index contributed by atoms with van der Waals surface area (Å²) in [6.45, 7) is 3.10. The number of fused-ring (bicyclic) bond motifs is 2. The fourth-order valence-electron chi connectivity index (χ4n) is 2.82. The van der Waals surface area contributed by atoms with E-state index in [9.17, 15) is 0 Å². The second kappa shape index (κ2) is 3.96. The Morgan fingerprint density at radius 3 is 3.11 bits per heavy atom. The van der Waals surface area contributed by atoms with Crippen LogP contribution in [-0.2, 0) is 0 Å². The van der Waals surface area contributed by atoms with Crippen molar-refractivity contribution in [2.75, 3.05) is 6.54 Å². The number of para-hydroxylation sites is 1. The molecule has 2 N–H and O–H groups in total. The van der Waals surface area contributed by atoms with E-state index in [1.807, 2.05) is 18.2 Å². The van der Waals surface area contributed by atoms with Crippen molar-refractivity contribution >= 4 is 11.0 Å². The van der Waals surface area contributed by atoms with E-state index in [2.05, 4.69) is 34.3 Å².